The Kier molecular flexibility index (Phi) is 6.58. The summed E-state index contributed by atoms with van der Waals surface area (Å²) in [6.45, 7) is -1.47. The van der Waals surface area contributed by atoms with E-state index in [9.17, 15) is 26.7 Å². The Morgan fingerprint density at radius 1 is 1.56 bits per heavy atom. The predicted octanol–water partition coefficient (Wildman–Crippen LogP) is -2.44. The molecule has 0 saturated heterocycles. The summed E-state index contributed by atoms with van der Waals surface area (Å²) in [6, 6.07) is 0.995. The number of hydrogen-bond donors (Lipinski definition) is 1. The average molecular weight is 292 g/mol. The van der Waals surface area contributed by atoms with E-state index < -0.39 is 29.7 Å². The number of aryl methyl sites for hydroxylation is 1. The van der Waals surface area contributed by atoms with Crippen molar-refractivity contribution in [1.82, 2.24) is 9.88 Å². The van der Waals surface area contributed by atoms with Gasteiger partial charge in [-0.2, -0.15) is 13.2 Å². The summed E-state index contributed by atoms with van der Waals surface area (Å²) < 4.78 is 57.8. The van der Waals surface area contributed by atoms with Crippen LogP contribution in [0.4, 0.5) is 13.2 Å². The molecule has 0 bridgehead atoms. The van der Waals surface area contributed by atoms with Crippen molar-refractivity contribution >= 4 is 17.0 Å². The van der Waals surface area contributed by atoms with Gasteiger partial charge in [0.2, 0.25) is 0 Å². The first kappa shape index (κ1) is 17.6. The van der Waals surface area contributed by atoms with E-state index in [1.807, 2.05) is 0 Å². The van der Waals surface area contributed by atoms with Gasteiger partial charge in [0.05, 0.1) is 0 Å². The Morgan fingerprint density at radius 2 is 2.11 bits per heavy atom. The van der Waals surface area contributed by atoms with Crippen LogP contribution in [0, 0.1) is 0 Å². The molecule has 5 nitrogen and oxygen atoms in total. The third kappa shape index (κ3) is 5.11. The first-order valence-corrected chi connectivity index (χ1v) is 5.39. The van der Waals surface area contributed by atoms with Gasteiger partial charge < -0.3 is 14.4 Å². The van der Waals surface area contributed by atoms with Crippen LogP contribution in [0.25, 0.3) is 0 Å². The summed E-state index contributed by atoms with van der Waals surface area (Å²) in [5.41, 5.74) is -0.159. The maximum Gasteiger partial charge on any atom is 1.00 e. The van der Waals surface area contributed by atoms with E-state index in [4.69, 9.17) is 0 Å². The maximum absolute atomic E-state index is 11.8. The van der Waals surface area contributed by atoms with Crippen LogP contribution in [0.5, 0.6) is 0 Å². The van der Waals surface area contributed by atoms with E-state index in [-0.39, 0.29) is 40.1 Å². The fourth-order valence-corrected chi connectivity index (χ4v) is 1.57. The minimum atomic E-state index is -4.51. The molecule has 0 fully saturated rings. The number of nitrogens with one attached hydrogen (secondary N) is 1. The molecule has 0 radical (unpaired) electrons. The molecule has 96 valence electrons. The monoisotopic (exact) mass is 292 g/mol. The van der Waals surface area contributed by atoms with Crippen molar-refractivity contribution in [2.45, 2.75) is 11.1 Å². The summed E-state index contributed by atoms with van der Waals surface area (Å²) in [5, 5.41) is 1.65. The second-order valence-electron chi connectivity index (χ2n) is 3.20. The molecule has 1 amide bonds. The number of rotatable bonds is 3. The quantitative estimate of drug-likeness (QED) is 0.497. The first-order valence-electron chi connectivity index (χ1n) is 4.31. The van der Waals surface area contributed by atoms with Gasteiger partial charge in [-0.25, -0.2) is 0 Å². The van der Waals surface area contributed by atoms with Crippen LogP contribution in [0.2, 0.25) is 0 Å². The van der Waals surface area contributed by atoms with Crippen molar-refractivity contribution in [2.24, 2.45) is 7.05 Å². The summed E-state index contributed by atoms with van der Waals surface area (Å²) >= 11 is -2.53. The molecule has 0 aromatic carbocycles. The number of aromatic nitrogens is 1. The van der Waals surface area contributed by atoms with Gasteiger partial charge in [-0.3, -0.25) is 9.00 Å². The number of hydrogen-bond acceptors (Lipinski definition) is 3. The van der Waals surface area contributed by atoms with Gasteiger partial charge in [0.15, 0.2) is 0 Å². The molecule has 1 heterocycles. The normalized spacial score (nSPS) is 12.7. The molecule has 1 aromatic rings. The molecule has 1 rings (SSSR count). The Morgan fingerprint density at radius 3 is 2.50 bits per heavy atom. The average Bonchev–Trinajstić information content (AvgIpc) is 2.56. The van der Waals surface area contributed by atoms with Crippen molar-refractivity contribution in [3.05, 3.63) is 18.0 Å². The zero-order chi connectivity index (χ0) is 13.2. The van der Waals surface area contributed by atoms with Crippen molar-refractivity contribution < 1.29 is 56.3 Å². The zero-order valence-electron chi connectivity index (χ0n) is 9.58. The summed E-state index contributed by atoms with van der Waals surface area (Å²) in [6.07, 6.45) is -3.38. The van der Waals surface area contributed by atoms with E-state index in [1.165, 1.54) is 7.05 Å². The van der Waals surface area contributed by atoms with Gasteiger partial charge in [0.1, 0.15) is 12.2 Å². The summed E-state index contributed by atoms with van der Waals surface area (Å²) in [5.74, 6) is -0.985. The van der Waals surface area contributed by atoms with E-state index >= 15 is 0 Å². The van der Waals surface area contributed by atoms with E-state index in [0.717, 1.165) is 16.8 Å². The van der Waals surface area contributed by atoms with E-state index in [2.05, 4.69) is 0 Å². The molecule has 10 heteroatoms. The Labute approximate surface area is 125 Å². The SMILES string of the molecule is Cn1cc(S(=O)[O-])cc1C(=O)NCC(F)(F)F.[Na+]. The topological polar surface area (TPSA) is 74.2 Å². The molecule has 1 unspecified atom stereocenters. The van der Waals surface area contributed by atoms with Crippen LogP contribution in [-0.4, -0.2) is 32.0 Å². The summed E-state index contributed by atoms with van der Waals surface area (Å²) in [4.78, 5) is 11.2. The number of nitrogens with zero attached hydrogens (tertiary/aromatic N) is 1. The van der Waals surface area contributed by atoms with Crippen molar-refractivity contribution in [2.75, 3.05) is 6.54 Å². The van der Waals surface area contributed by atoms with Crippen molar-refractivity contribution in [1.29, 1.82) is 0 Å². The van der Waals surface area contributed by atoms with E-state index in [0.29, 0.717) is 0 Å². The number of alkyl halides is 3. The van der Waals surface area contributed by atoms with Crippen LogP contribution < -0.4 is 34.9 Å². The van der Waals surface area contributed by atoms with Gasteiger partial charge in [-0.05, 0) is 17.1 Å². The molecule has 0 aliphatic heterocycles. The number of carbonyl (C=O) groups is 1. The van der Waals surface area contributed by atoms with Crippen LogP contribution in [-0.2, 0) is 18.1 Å². The van der Waals surface area contributed by atoms with Crippen LogP contribution in [0.1, 0.15) is 10.5 Å². The molecule has 0 spiro atoms. The maximum atomic E-state index is 11.8. The third-order valence-electron chi connectivity index (χ3n) is 1.85. The first-order chi connectivity index (χ1) is 7.70. The Hall–Kier alpha value is -0.350. The largest absolute Gasteiger partial charge is 1.00 e. The molecule has 18 heavy (non-hydrogen) atoms. The fraction of sp³-hybridized carbons (Fsp3) is 0.375. The molecule has 0 aliphatic rings. The van der Waals surface area contributed by atoms with Crippen molar-refractivity contribution in [3.8, 4) is 0 Å². The predicted molar refractivity (Wildman–Crippen MR) is 51.0 cm³/mol. The van der Waals surface area contributed by atoms with Gasteiger partial charge >= 0.3 is 35.7 Å². The second kappa shape index (κ2) is 6.71. The zero-order valence-corrected chi connectivity index (χ0v) is 12.4. The van der Waals surface area contributed by atoms with Crippen LogP contribution in [0.15, 0.2) is 17.2 Å². The standard InChI is InChI=1S/C8H9F3N2O3S.Na/c1-13-3-5(17(15)16)2-6(13)7(14)12-4-8(9,10)11;/h2-3H,4H2,1H3,(H,12,14)(H,15,16);/q;+1/p-1. The van der Waals surface area contributed by atoms with E-state index in [1.54, 1.807) is 5.32 Å². The smallest absolute Gasteiger partial charge is 0.768 e. The number of halogens is 3. The summed E-state index contributed by atoms with van der Waals surface area (Å²) in [7, 11) is 1.36. The Bertz CT molecular complexity index is 461. The Balaban J connectivity index is 0.00000289. The van der Waals surface area contributed by atoms with Gasteiger partial charge in [-0.1, -0.05) is 0 Å². The molecular weight excluding hydrogens is 284 g/mol. The number of carbonyl (C=O) groups excluding carboxylic acids is 1. The second-order valence-corrected chi connectivity index (χ2v) is 4.15. The van der Waals surface area contributed by atoms with Crippen LogP contribution in [0.3, 0.4) is 0 Å². The fourth-order valence-electron chi connectivity index (χ4n) is 1.12. The molecule has 0 saturated carbocycles. The van der Waals surface area contributed by atoms with Crippen LogP contribution >= 0.6 is 0 Å². The molecule has 1 N–H and O–H groups in total. The van der Waals surface area contributed by atoms with Gasteiger partial charge in [0.25, 0.3) is 5.91 Å². The molecule has 0 aliphatic carbocycles. The molecular formula is C8H8F3N2NaO3S. The van der Waals surface area contributed by atoms with Gasteiger partial charge in [-0.15, -0.1) is 0 Å². The number of amides is 1. The molecule has 1 atom stereocenters. The molecule has 1 aromatic heterocycles. The third-order valence-corrected chi connectivity index (χ3v) is 2.46. The van der Waals surface area contributed by atoms with Gasteiger partial charge in [0, 0.05) is 18.1 Å². The van der Waals surface area contributed by atoms with Crippen molar-refractivity contribution in [3.63, 3.8) is 0 Å². The minimum absolute atomic E-state index is 0. The minimum Gasteiger partial charge on any atom is -0.768 e.